The first-order valence-electron chi connectivity index (χ1n) is 7.52. The van der Waals surface area contributed by atoms with Crippen molar-refractivity contribution in [1.82, 2.24) is 0 Å². The smallest absolute Gasteiger partial charge is 0.196 e. The molecule has 3 rings (SSSR count). The van der Waals surface area contributed by atoms with Gasteiger partial charge in [-0.25, -0.2) is 0 Å². The Kier molecular flexibility index (Phi) is 3.67. The van der Waals surface area contributed by atoms with Crippen molar-refractivity contribution in [3.05, 3.63) is 58.7 Å². The van der Waals surface area contributed by atoms with Crippen LogP contribution in [-0.4, -0.2) is 24.7 Å². The summed E-state index contributed by atoms with van der Waals surface area (Å²) < 4.78 is 0. The average molecular weight is 294 g/mol. The maximum absolute atomic E-state index is 12.9. The van der Waals surface area contributed by atoms with E-state index < -0.39 is 0 Å². The predicted octanol–water partition coefficient (Wildman–Crippen LogP) is 3.33. The van der Waals surface area contributed by atoms with Crippen molar-refractivity contribution >= 4 is 22.9 Å². The molecule has 0 atom stereocenters. The minimum absolute atomic E-state index is 0.0904. The highest BCUT2D eigenvalue weighted by molar-refractivity contribution is 6.30. The molecule has 0 saturated carbocycles. The zero-order valence-corrected chi connectivity index (χ0v) is 12.7. The van der Waals surface area contributed by atoms with Gasteiger partial charge in [0.2, 0.25) is 0 Å². The molecule has 22 heavy (non-hydrogen) atoms. The van der Waals surface area contributed by atoms with E-state index in [9.17, 15) is 9.59 Å². The van der Waals surface area contributed by atoms with Gasteiger partial charge in [0.25, 0.3) is 0 Å². The van der Waals surface area contributed by atoms with E-state index in [0.29, 0.717) is 28.8 Å². The molecule has 2 N–H and O–H groups in total. The van der Waals surface area contributed by atoms with E-state index in [-0.39, 0.29) is 11.6 Å². The molecule has 0 saturated heterocycles. The van der Waals surface area contributed by atoms with Gasteiger partial charge >= 0.3 is 0 Å². The monoisotopic (exact) mass is 294 g/mol. The molecule has 0 unspecified atom stereocenters. The first-order chi connectivity index (χ1) is 10.7. The highest BCUT2D eigenvalue weighted by atomic mass is 16.1. The lowest BCUT2D eigenvalue weighted by atomic mass is 9.83. The van der Waals surface area contributed by atoms with Crippen LogP contribution >= 0.6 is 0 Å². The van der Waals surface area contributed by atoms with Gasteiger partial charge in [-0.2, -0.15) is 0 Å². The molecule has 2 aromatic carbocycles. The van der Waals surface area contributed by atoms with Crippen molar-refractivity contribution in [3.63, 3.8) is 0 Å². The summed E-state index contributed by atoms with van der Waals surface area (Å²) >= 11 is 0. The SMILES string of the molecule is CCNc1ccc2c(c1NCC)C(=O)c1ccccc1C2=O. The zero-order valence-electron chi connectivity index (χ0n) is 12.7. The first kappa shape index (κ1) is 14.3. The topological polar surface area (TPSA) is 58.2 Å². The summed E-state index contributed by atoms with van der Waals surface area (Å²) in [5, 5.41) is 6.48. The number of carbonyl (C=O) groups excluding carboxylic acids is 2. The molecule has 112 valence electrons. The minimum atomic E-state index is -0.0964. The number of rotatable bonds is 4. The number of nitrogens with one attached hydrogen (secondary N) is 2. The third kappa shape index (κ3) is 2.08. The Hall–Kier alpha value is -2.62. The molecule has 1 aliphatic carbocycles. The van der Waals surface area contributed by atoms with Crippen LogP contribution in [0.3, 0.4) is 0 Å². The largest absolute Gasteiger partial charge is 0.384 e. The molecule has 0 fully saturated rings. The molecular formula is C18H18N2O2. The molecular weight excluding hydrogens is 276 g/mol. The fourth-order valence-corrected chi connectivity index (χ4v) is 2.88. The van der Waals surface area contributed by atoms with E-state index in [4.69, 9.17) is 0 Å². The van der Waals surface area contributed by atoms with Crippen LogP contribution in [-0.2, 0) is 0 Å². The summed E-state index contributed by atoms with van der Waals surface area (Å²) in [6, 6.07) is 10.6. The van der Waals surface area contributed by atoms with Gasteiger partial charge in [0, 0.05) is 29.8 Å². The van der Waals surface area contributed by atoms with Gasteiger partial charge in [0.05, 0.1) is 16.9 Å². The molecule has 0 heterocycles. The number of benzene rings is 2. The molecule has 4 nitrogen and oxygen atoms in total. The maximum Gasteiger partial charge on any atom is 0.196 e. The third-order valence-corrected chi connectivity index (χ3v) is 3.81. The second-order valence-electron chi connectivity index (χ2n) is 5.18. The first-order valence-corrected chi connectivity index (χ1v) is 7.52. The van der Waals surface area contributed by atoms with Crippen LogP contribution in [0.2, 0.25) is 0 Å². The fourth-order valence-electron chi connectivity index (χ4n) is 2.88. The number of fused-ring (bicyclic) bond motifs is 2. The lowest BCUT2D eigenvalue weighted by molar-refractivity contribution is 0.0979. The normalized spacial score (nSPS) is 12.6. The van der Waals surface area contributed by atoms with Gasteiger partial charge < -0.3 is 10.6 Å². The number of hydrogen-bond acceptors (Lipinski definition) is 4. The maximum atomic E-state index is 12.9. The summed E-state index contributed by atoms with van der Waals surface area (Å²) in [4.78, 5) is 25.6. The Morgan fingerprint density at radius 1 is 0.773 bits per heavy atom. The number of ketones is 2. The van der Waals surface area contributed by atoms with Crippen LogP contribution in [0.4, 0.5) is 11.4 Å². The summed E-state index contributed by atoms with van der Waals surface area (Å²) in [6.07, 6.45) is 0. The van der Waals surface area contributed by atoms with Crippen molar-refractivity contribution in [2.24, 2.45) is 0 Å². The van der Waals surface area contributed by atoms with Crippen LogP contribution in [0.1, 0.15) is 45.7 Å². The molecule has 1 aliphatic rings. The Morgan fingerprint density at radius 2 is 1.41 bits per heavy atom. The van der Waals surface area contributed by atoms with Crippen LogP contribution in [0, 0.1) is 0 Å². The second kappa shape index (κ2) is 5.64. The molecule has 0 bridgehead atoms. The average Bonchev–Trinajstić information content (AvgIpc) is 2.54. The molecule has 2 aromatic rings. The van der Waals surface area contributed by atoms with Gasteiger partial charge in [-0.05, 0) is 26.0 Å². The van der Waals surface area contributed by atoms with Gasteiger partial charge in [0.15, 0.2) is 11.6 Å². The lowest BCUT2D eigenvalue weighted by Crippen LogP contribution is -2.23. The predicted molar refractivity (Wildman–Crippen MR) is 88.1 cm³/mol. The van der Waals surface area contributed by atoms with E-state index in [1.807, 2.05) is 19.9 Å². The van der Waals surface area contributed by atoms with Gasteiger partial charge in [0.1, 0.15) is 0 Å². The van der Waals surface area contributed by atoms with Crippen molar-refractivity contribution in [3.8, 4) is 0 Å². The minimum Gasteiger partial charge on any atom is -0.384 e. The van der Waals surface area contributed by atoms with Crippen molar-refractivity contribution < 1.29 is 9.59 Å². The van der Waals surface area contributed by atoms with Crippen molar-refractivity contribution in [2.45, 2.75) is 13.8 Å². The summed E-state index contributed by atoms with van der Waals surface area (Å²) in [5.74, 6) is -0.187. The molecule has 0 aliphatic heterocycles. The fraction of sp³-hybridized carbons (Fsp3) is 0.222. The number of hydrogen-bond donors (Lipinski definition) is 2. The second-order valence-corrected chi connectivity index (χ2v) is 5.18. The number of anilines is 2. The molecule has 0 spiro atoms. The Labute approximate surface area is 129 Å². The van der Waals surface area contributed by atoms with E-state index in [0.717, 1.165) is 17.9 Å². The van der Waals surface area contributed by atoms with Crippen molar-refractivity contribution in [2.75, 3.05) is 23.7 Å². The lowest BCUT2D eigenvalue weighted by Gasteiger charge is -2.23. The van der Waals surface area contributed by atoms with Gasteiger partial charge in [-0.15, -0.1) is 0 Å². The molecule has 4 heteroatoms. The van der Waals surface area contributed by atoms with Crippen molar-refractivity contribution in [1.29, 1.82) is 0 Å². The molecule has 0 aromatic heterocycles. The third-order valence-electron chi connectivity index (χ3n) is 3.81. The summed E-state index contributed by atoms with van der Waals surface area (Å²) in [5.41, 5.74) is 3.48. The van der Waals surface area contributed by atoms with Crippen LogP contribution < -0.4 is 10.6 Å². The zero-order chi connectivity index (χ0) is 15.7. The van der Waals surface area contributed by atoms with Gasteiger partial charge in [-0.3, -0.25) is 9.59 Å². The Morgan fingerprint density at radius 3 is 2.05 bits per heavy atom. The highest BCUT2D eigenvalue weighted by Crippen LogP contribution is 2.36. The highest BCUT2D eigenvalue weighted by Gasteiger charge is 2.32. The van der Waals surface area contributed by atoms with Gasteiger partial charge in [-0.1, -0.05) is 24.3 Å². The molecule has 0 radical (unpaired) electrons. The number of carbonyl (C=O) groups is 2. The van der Waals surface area contributed by atoms with E-state index in [1.165, 1.54) is 0 Å². The van der Waals surface area contributed by atoms with E-state index >= 15 is 0 Å². The summed E-state index contributed by atoms with van der Waals surface area (Å²) in [6.45, 7) is 5.39. The molecule has 0 amide bonds. The van der Waals surface area contributed by atoms with E-state index in [1.54, 1.807) is 30.3 Å². The van der Waals surface area contributed by atoms with E-state index in [2.05, 4.69) is 10.6 Å². The Bertz CT molecular complexity index is 766. The standard InChI is InChI=1S/C18H18N2O2/c1-3-19-14-10-9-13-15(16(14)20-4-2)18(22)12-8-6-5-7-11(12)17(13)21/h5-10,19-20H,3-4H2,1-2H3. The van der Waals surface area contributed by atoms with Crippen LogP contribution in [0.25, 0.3) is 0 Å². The summed E-state index contributed by atoms with van der Waals surface area (Å²) in [7, 11) is 0. The quantitative estimate of drug-likeness (QED) is 0.775. The van der Waals surface area contributed by atoms with Crippen LogP contribution in [0.5, 0.6) is 0 Å². The van der Waals surface area contributed by atoms with Crippen LogP contribution in [0.15, 0.2) is 36.4 Å². The Balaban J connectivity index is 2.25.